The molecule has 0 heterocycles. The third-order valence-electron chi connectivity index (χ3n) is 1.80. The molecule has 0 bridgehead atoms. The van der Waals surface area contributed by atoms with Crippen LogP contribution in [0.3, 0.4) is 0 Å². The maximum absolute atomic E-state index is 10.1. The lowest BCUT2D eigenvalue weighted by Gasteiger charge is -2.02. The van der Waals surface area contributed by atoms with E-state index in [9.17, 15) is 4.79 Å². The van der Waals surface area contributed by atoms with E-state index in [1.165, 1.54) is 11.8 Å². The highest BCUT2D eigenvalue weighted by Gasteiger charge is 1.93. The van der Waals surface area contributed by atoms with Crippen LogP contribution in [0.25, 0.3) is 0 Å². The van der Waals surface area contributed by atoms with Gasteiger partial charge in [0.05, 0.1) is 0 Å². The summed E-state index contributed by atoms with van der Waals surface area (Å²) in [5, 5.41) is 9.07. The highest BCUT2D eigenvalue weighted by atomic mass is 79.9. The van der Waals surface area contributed by atoms with Crippen LogP contribution in [0.4, 0.5) is 0 Å². The van der Waals surface area contributed by atoms with E-state index in [1.54, 1.807) is 20.2 Å². The number of hydrogen-bond donors (Lipinski definition) is 1. The Hall–Kier alpha value is -1.03. The minimum absolute atomic E-state index is 0.0926. The summed E-state index contributed by atoms with van der Waals surface area (Å²) in [7, 11) is 3.45. The molecular formula is C13H22BrNO2. The molecule has 0 aromatic heterocycles. The number of benzene rings is 1. The van der Waals surface area contributed by atoms with Crippen molar-refractivity contribution >= 4 is 21.8 Å². The molecule has 0 aliphatic heterocycles. The highest BCUT2D eigenvalue weighted by molar-refractivity contribution is 9.10. The Morgan fingerprint density at radius 1 is 1.29 bits per heavy atom. The number of hydrogen-bond acceptors (Lipinski definition) is 2. The summed E-state index contributed by atoms with van der Waals surface area (Å²) in [6.45, 7) is 7.39. The second kappa shape index (κ2) is 10.1. The molecule has 0 aliphatic carbocycles. The second-order valence-corrected chi connectivity index (χ2v) is 4.26. The van der Waals surface area contributed by atoms with Gasteiger partial charge in [0, 0.05) is 25.5 Å². The van der Waals surface area contributed by atoms with Gasteiger partial charge in [0.1, 0.15) is 5.75 Å². The van der Waals surface area contributed by atoms with Gasteiger partial charge in [0.2, 0.25) is 5.91 Å². The van der Waals surface area contributed by atoms with Crippen LogP contribution >= 0.6 is 15.9 Å². The third-order valence-corrected chi connectivity index (χ3v) is 2.29. The molecule has 0 saturated heterocycles. The fraction of sp³-hybridized carbons (Fsp3) is 0.462. The molecule has 98 valence electrons. The van der Waals surface area contributed by atoms with Crippen LogP contribution in [0.2, 0.25) is 0 Å². The van der Waals surface area contributed by atoms with Gasteiger partial charge < -0.3 is 10.0 Å². The van der Waals surface area contributed by atoms with E-state index in [0.717, 1.165) is 10.0 Å². The maximum atomic E-state index is 10.1. The number of phenols is 1. The largest absolute Gasteiger partial charge is 0.508 e. The van der Waals surface area contributed by atoms with Gasteiger partial charge in [-0.3, -0.25) is 4.79 Å². The van der Waals surface area contributed by atoms with E-state index >= 15 is 0 Å². The van der Waals surface area contributed by atoms with E-state index in [0.29, 0.717) is 5.75 Å². The van der Waals surface area contributed by atoms with Crippen molar-refractivity contribution in [1.29, 1.82) is 0 Å². The van der Waals surface area contributed by atoms with Crippen LogP contribution in [0.15, 0.2) is 22.7 Å². The molecule has 4 heteroatoms. The minimum atomic E-state index is 0.0926. The number of carbonyl (C=O) groups excluding carboxylic acids is 1. The summed E-state index contributed by atoms with van der Waals surface area (Å²) < 4.78 is 0.908. The van der Waals surface area contributed by atoms with E-state index in [4.69, 9.17) is 5.11 Å². The Morgan fingerprint density at radius 3 is 1.94 bits per heavy atom. The third kappa shape index (κ3) is 9.87. The number of rotatable bonds is 0. The molecule has 1 aromatic rings. The number of halogens is 1. The molecule has 1 N–H and O–H groups in total. The SMILES string of the molecule is CC.CC(=O)N(C)C.Cc1ccc(Br)cc1O. The van der Waals surface area contributed by atoms with Crippen molar-refractivity contribution in [2.75, 3.05) is 14.1 Å². The van der Waals surface area contributed by atoms with Gasteiger partial charge in [-0.25, -0.2) is 0 Å². The summed E-state index contributed by atoms with van der Waals surface area (Å²) in [5.74, 6) is 0.430. The van der Waals surface area contributed by atoms with Crippen LogP contribution in [-0.2, 0) is 4.79 Å². The number of nitrogens with zero attached hydrogens (tertiary/aromatic N) is 1. The van der Waals surface area contributed by atoms with E-state index in [2.05, 4.69) is 15.9 Å². The van der Waals surface area contributed by atoms with Crippen LogP contribution in [0, 0.1) is 6.92 Å². The minimum Gasteiger partial charge on any atom is -0.508 e. The van der Waals surface area contributed by atoms with Gasteiger partial charge in [-0.05, 0) is 24.6 Å². The second-order valence-electron chi connectivity index (χ2n) is 3.34. The molecule has 1 rings (SSSR count). The van der Waals surface area contributed by atoms with Gasteiger partial charge in [-0.1, -0.05) is 35.8 Å². The zero-order valence-electron chi connectivity index (χ0n) is 11.4. The number of aryl methyl sites for hydroxylation is 1. The smallest absolute Gasteiger partial charge is 0.218 e. The molecule has 0 atom stereocenters. The first-order valence-electron chi connectivity index (χ1n) is 5.47. The van der Waals surface area contributed by atoms with Crippen molar-refractivity contribution in [2.45, 2.75) is 27.7 Å². The molecule has 17 heavy (non-hydrogen) atoms. The highest BCUT2D eigenvalue weighted by Crippen LogP contribution is 2.20. The standard InChI is InChI=1S/C7H7BrO.C4H9NO.C2H6/c1-5-2-3-6(8)4-7(5)9;1-4(6)5(2)3;1-2/h2-4,9H,1H3;1-3H3;1-2H3. The number of aromatic hydroxyl groups is 1. The van der Waals surface area contributed by atoms with Gasteiger partial charge in [-0.15, -0.1) is 0 Å². The van der Waals surface area contributed by atoms with Crippen LogP contribution in [0.5, 0.6) is 5.75 Å². The summed E-state index contributed by atoms with van der Waals surface area (Å²) in [6, 6.07) is 5.43. The molecule has 0 radical (unpaired) electrons. The summed E-state index contributed by atoms with van der Waals surface area (Å²) >= 11 is 3.24. The first-order valence-corrected chi connectivity index (χ1v) is 6.27. The van der Waals surface area contributed by atoms with Crippen molar-refractivity contribution in [1.82, 2.24) is 4.90 Å². The zero-order valence-corrected chi connectivity index (χ0v) is 13.0. The molecular weight excluding hydrogens is 282 g/mol. The van der Waals surface area contributed by atoms with Crippen molar-refractivity contribution in [3.63, 3.8) is 0 Å². The molecule has 3 nitrogen and oxygen atoms in total. The van der Waals surface area contributed by atoms with Gasteiger partial charge in [-0.2, -0.15) is 0 Å². The van der Waals surface area contributed by atoms with Crippen molar-refractivity contribution in [2.24, 2.45) is 0 Å². The topological polar surface area (TPSA) is 40.5 Å². The van der Waals surface area contributed by atoms with Crippen LogP contribution < -0.4 is 0 Å². The Labute approximate surface area is 113 Å². The van der Waals surface area contributed by atoms with Crippen molar-refractivity contribution in [3.05, 3.63) is 28.2 Å². The van der Waals surface area contributed by atoms with E-state index in [1.807, 2.05) is 32.9 Å². The van der Waals surface area contributed by atoms with Gasteiger partial charge >= 0.3 is 0 Å². The summed E-state index contributed by atoms with van der Waals surface area (Å²) in [4.78, 5) is 11.6. The molecule has 0 fully saturated rings. The Bertz CT molecular complexity index is 338. The average Bonchev–Trinajstić information content (AvgIpc) is 2.27. The predicted molar refractivity (Wildman–Crippen MR) is 76.3 cm³/mol. The first-order chi connectivity index (χ1) is 7.84. The van der Waals surface area contributed by atoms with Gasteiger partial charge in [0.25, 0.3) is 0 Å². The van der Waals surface area contributed by atoms with Crippen molar-refractivity contribution < 1.29 is 9.90 Å². The van der Waals surface area contributed by atoms with Crippen LogP contribution in [-0.4, -0.2) is 30.0 Å². The fourth-order valence-electron chi connectivity index (χ4n) is 0.583. The molecule has 0 aliphatic rings. The number of carbonyl (C=O) groups is 1. The molecule has 1 amide bonds. The normalized spacial score (nSPS) is 8.18. The monoisotopic (exact) mass is 303 g/mol. The first kappa shape index (κ1) is 18.3. The van der Waals surface area contributed by atoms with Gasteiger partial charge in [0.15, 0.2) is 0 Å². The maximum Gasteiger partial charge on any atom is 0.218 e. The van der Waals surface area contributed by atoms with E-state index in [-0.39, 0.29) is 5.91 Å². The Morgan fingerprint density at radius 2 is 1.71 bits per heavy atom. The lowest BCUT2D eigenvalue weighted by atomic mass is 10.2. The Kier molecular flexibility index (Phi) is 10.9. The summed E-state index contributed by atoms with van der Waals surface area (Å²) in [6.07, 6.45) is 0. The average molecular weight is 304 g/mol. The fourth-order valence-corrected chi connectivity index (χ4v) is 0.932. The number of phenolic OH excluding ortho intramolecular Hbond substituents is 1. The lowest BCUT2D eigenvalue weighted by Crippen LogP contribution is -2.17. The molecule has 0 saturated carbocycles. The Balaban J connectivity index is 0. The quantitative estimate of drug-likeness (QED) is 0.796. The molecule has 0 unspecified atom stereocenters. The van der Waals surface area contributed by atoms with Crippen molar-refractivity contribution in [3.8, 4) is 5.75 Å². The van der Waals surface area contributed by atoms with Crippen LogP contribution in [0.1, 0.15) is 26.3 Å². The molecule has 1 aromatic carbocycles. The lowest BCUT2D eigenvalue weighted by molar-refractivity contribution is -0.126. The number of amides is 1. The predicted octanol–water partition coefficient (Wildman–Crippen LogP) is 3.58. The summed E-state index contributed by atoms with van der Waals surface area (Å²) in [5.41, 5.74) is 0.901. The van der Waals surface area contributed by atoms with E-state index < -0.39 is 0 Å². The zero-order chi connectivity index (χ0) is 14.0. The molecule has 0 spiro atoms.